The molecule has 6 heteroatoms. The first-order valence-corrected chi connectivity index (χ1v) is 6.74. The van der Waals surface area contributed by atoms with Crippen molar-refractivity contribution in [1.29, 1.82) is 0 Å². The van der Waals surface area contributed by atoms with E-state index in [-0.39, 0.29) is 17.9 Å². The van der Waals surface area contributed by atoms with Crippen LogP contribution in [0.5, 0.6) is 0 Å². The van der Waals surface area contributed by atoms with Crippen molar-refractivity contribution in [2.75, 3.05) is 6.54 Å². The van der Waals surface area contributed by atoms with Crippen LogP contribution in [0, 0.1) is 0 Å². The first kappa shape index (κ1) is 14.0. The number of rotatable bonds is 2. The third kappa shape index (κ3) is 3.05. The smallest absolute Gasteiger partial charge is 0.312 e. The van der Waals surface area contributed by atoms with Crippen molar-refractivity contribution in [3.8, 4) is 0 Å². The summed E-state index contributed by atoms with van der Waals surface area (Å²) in [7, 11) is 0. The molecule has 0 saturated carbocycles. The Hall–Kier alpha value is -1.95. The molecule has 0 fully saturated rings. The van der Waals surface area contributed by atoms with Gasteiger partial charge in [-0.25, -0.2) is 9.97 Å². The van der Waals surface area contributed by atoms with Crippen LogP contribution in [0.2, 0.25) is 0 Å². The van der Waals surface area contributed by atoms with E-state index in [9.17, 15) is 13.2 Å². The maximum Gasteiger partial charge on any atom is 0.433 e. The zero-order chi connectivity index (χ0) is 14.9. The summed E-state index contributed by atoms with van der Waals surface area (Å²) < 4.78 is 39.5. The van der Waals surface area contributed by atoms with Gasteiger partial charge in [0.25, 0.3) is 0 Å². The maximum absolute atomic E-state index is 13.2. The van der Waals surface area contributed by atoms with E-state index in [0.29, 0.717) is 25.1 Å². The Morgan fingerprint density at radius 1 is 1.10 bits per heavy atom. The summed E-state index contributed by atoms with van der Waals surface area (Å²) in [6, 6.07) is 9.28. The topological polar surface area (TPSA) is 37.8 Å². The van der Waals surface area contributed by atoms with Crippen LogP contribution in [0.1, 0.15) is 28.3 Å². The lowest BCUT2D eigenvalue weighted by atomic mass is 10.0. The lowest BCUT2D eigenvalue weighted by Gasteiger charge is -2.21. The van der Waals surface area contributed by atoms with Crippen LogP contribution < -0.4 is 5.32 Å². The molecule has 0 radical (unpaired) electrons. The highest BCUT2D eigenvalue weighted by Gasteiger charge is 2.37. The van der Waals surface area contributed by atoms with Gasteiger partial charge in [0.05, 0.1) is 5.69 Å². The molecule has 0 saturated heterocycles. The lowest BCUT2D eigenvalue weighted by molar-refractivity contribution is -0.142. The van der Waals surface area contributed by atoms with Gasteiger partial charge in [-0.2, -0.15) is 13.2 Å². The molecule has 0 unspecified atom stereocenters. The van der Waals surface area contributed by atoms with Crippen LogP contribution in [-0.2, 0) is 25.6 Å². The van der Waals surface area contributed by atoms with Crippen molar-refractivity contribution in [3.63, 3.8) is 0 Å². The predicted octanol–water partition coefficient (Wildman–Crippen LogP) is 2.73. The van der Waals surface area contributed by atoms with Gasteiger partial charge in [0.15, 0.2) is 5.69 Å². The number of fused-ring (bicyclic) bond motifs is 1. The minimum atomic E-state index is -4.45. The van der Waals surface area contributed by atoms with Crippen LogP contribution in [0.15, 0.2) is 30.3 Å². The monoisotopic (exact) mass is 293 g/mol. The second kappa shape index (κ2) is 5.44. The largest absolute Gasteiger partial charge is 0.433 e. The van der Waals surface area contributed by atoms with E-state index in [1.165, 1.54) is 0 Å². The van der Waals surface area contributed by atoms with Crippen molar-refractivity contribution in [3.05, 3.63) is 58.7 Å². The highest BCUT2D eigenvalue weighted by atomic mass is 19.4. The Morgan fingerprint density at radius 2 is 1.86 bits per heavy atom. The third-order valence-electron chi connectivity index (χ3n) is 3.45. The van der Waals surface area contributed by atoms with E-state index in [2.05, 4.69) is 15.3 Å². The molecule has 1 aromatic carbocycles. The summed E-state index contributed by atoms with van der Waals surface area (Å²) in [5, 5.41) is 2.94. The van der Waals surface area contributed by atoms with Crippen LogP contribution in [-0.4, -0.2) is 16.5 Å². The number of nitrogens with one attached hydrogen (secondary N) is 1. The van der Waals surface area contributed by atoms with E-state index in [4.69, 9.17) is 0 Å². The Kier molecular flexibility index (Phi) is 3.63. The molecule has 0 atom stereocenters. The number of hydrogen-bond acceptors (Lipinski definition) is 3. The molecule has 1 aliphatic heterocycles. The average Bonchev–Trinajstić information content (AvgIpc) is 2.46. The fraction of sp³-hybridized carbons (Fsp3) is 0.333. The average molecular weight is 293 g/mol. The van der Waals surface area contributed by atoms with Crippen LogP contribution in [0.3, 0.4) is 0 Å². The molecule has 0 amide bonds. The van der Waals surface area contributed by atoms with Crippen LogP contribution >= 0.6 is 0 Å². The summed E-state index contributed by atoms with van der Waals surface area (Å²) in [6.07, 6.45) is -3.63. The molecule has 2 heterocycles. The number of hydrogen-bond donors (Lipinski definition) is 1. The Labute approximate surface area is 120 Å². The summed E-state index contributed by atoms with van der Waals surface area (Å²) >= 11 is 0. The highest BCUT2D eigenvalue weighted by Crippen LogP contribution is 2.32. The third-order valence-corrected chi connectivity index (χ3v) is 3.45. The Bertz CT molecular complexity index is 639. The molecule has 3 rings (SSSR count). The maximum atomic E-state index is 13.2. The van der Waals surface area contributed by atoms with Crippen molar-refractivity contribution < 1.29 is 13.2 Å². The van der Waals surface area contributed by atoms with Crippen LogP contribution in [0.4, 0.5) is 13.2 Å². The molecule has 3 nitrogen and oxygen atoms in total. The van der Waals surface area contributed by atoms with E-state index >= 15 is 0 Å². The lowest BCUT2D eigenvalue weighted by Crippen LogP contribution is -2.29. The Balaban J connectivity index is 2.02. The zero-order valence-corrected chi connectivity index (χ0v) is 11.2. The number of alkyl halides is 3. The van der Waals surface area contributed by atoms with Gasteiger partial charge >= 0.3 is 6.18 Å². The molecular formula is C15H14F3N3. The minimum absolute atomic E-state index is 0.176. The van der Waals surface area contributed by atoms with Gasteiger partial charge < -0.3 is 5.32 Å². The molecule has 1 aromatic heterocycles. The fourth-order valence-electron chi connectivity index (χ4n) is 2.49. The molecule has 0 bridgehead atoms. The van der Waals surface area contributed by atoms with Gasteiger partial charge in [-0.1, -0.05) is 30.3 Å². The fourth-order valence-corrected chi connectivity index (χ4v) is 2.49. The normalized spacial score (nSPS) is 14.8. The summed E-state index contributed by atoms with van der Waals surface area (Å²) in [5.41, 5.74) is 0.803. The number of benzene rings is 1. The second-order valence-electron chi connectivity index (χ2n) is 5.00. The zero-order valence-electron chi connectivity index (χ0n) is 11.2. The molecule has 21 heavy (non-hydrogen) atoms. The first-order chi connectivity index (χ1) is 10.0. The number of aromatic nitrogens is 2. The molecule has 2 aromatic rings. The van der Waals surface area contributed by atoms with Crippen molar-refractivity contribution in [2.24, 2.45) is 0 Å². The molecule has 1 N–H and O–H groups in total. The molecular weight excluding hydrogens is 279 g/mol. The standard InChI is InChI=1S/C15H14F3N3/c16-15(17,18)14-11-9-19-7-6-12(11)20-13(21-14)8-10-4-2-1-3-5-10/h1-5,19H,6-9H2. The van der Waals surface area contributed by atoms with Gasteiger partial charge in [0.2, 0.25) is 0 Å². The molecule has 0 spiro atoms. The SMILES string of the molecule is FC(F)(F)c1nc(Cc2ccccc2)nc2c1CNCC2. The van der Waals surface area contributed by atoms with Gasteiger partial charge in [-0.3, -0.25) is 0 Å². The van der Waals surface area contributed by atoms with Crippen LogP contribution in [0.25, 0.3) is 0 Å². The van der Waals surface area contributed by atoms with Crippen molar-refractivity contribution in [2.45, 2.75) is 25.6 Å². The van der Waals surface area contributed by atoms with Gasteiger partial charge in [0.1, 0.15) is 5.82 Å². The summed E-state index contributed by atoms with van der Waals surface area (Å²) in [4.78, 5) is 8.11. The van der Waals surface area contributed by atoms with E-state index in [1.54, 1.807) is 0 Å². The van der Waals surface area contributed by atoms with E-state index < -0.39 is 11.9 Å². The Morgan fingerprint density at radius 3 is 2.57 bits per heavy atom. The number of halogens is 3. The molecule has 0 aliphatic carbocycles. The van der Waals surface area contributed by atoms with Crippen molar-refractivity contribution >= 4 is 0 Å². The highest BCUT2D eigenvalue weighted by molar-refractivity contribution is 5.31. The molecule has 110 valence electrons. The minimum Gasteiger partial charge on any atom is -0.312 e. The predicted molar refractivity (Wildman–Crippen MR) is 71.7 cm³/mol. The second-order valence-corrected chi connectivity index (χ2v) is 5.00. The van der Waals surface area contributed by atoms with E-state index in [0.717, 1.165) is 5.56 Å². The van der Waals surface area contributed by atoms with Gasteiger partial charge in [0, 0.05) is 31.5 Å². The van der Waals surface area contributed by atoms with Gasteiger partial charge in [-0.05, 0) is 5.56 Å². The van der Waals surface area contributed by atoms with Gasteiger partial charge in [-0.15, -0.1) is 0 Å². The molecule has 1 aliphatic rings. The summed E-state index contributed by atoms with van der Waals surface area (Å²) in [5.74, 6) is 0.231. The first-order valence-electron chi connectivity index (χ1n) is 6.74. The summed E-state index contributed by atoms with van der Waals surface area (Å²) in [6.45, 7) is 0.821. The van der Waals surface area contributed by atoms with Crippen molar-refractivity contribution in [1.82, 2.24) is 15.3 Å². The van der Waals surface area contributed by atoms with E-state index in [1.807, 2.05) is 30.3 Å². The number of nitrogens with zero attached hydrogens (tertiary/aromatic N) is 2. The quantitative estimate of drug-likeness (QED) is 0.925.